The molecule has 4 N–H and O–H groups in total. The fourth-order valence-corrected chi connectivity index (χ4v) is 4.00. The lowest BCUT2D eigenvalue weighted by Crippen LogP contribution is -2.65. The maximum Gasteiger partial charge on any atom is 0.362 e. The highest BCUT2D eigenvalue weighted by Gasteiger charge is 2.28. The SMILES string of the molecule is [NH3+][C@@H](Cc1ccc(Oc2ccc(CC3SC(=O)CCC3=O)cc2)cc1)C(=O)O. The summed E-state index contributed by atoms with van der Waals surface area (Å²) in [6.07, 6.45) is 1.59. The summed E-state index contributed by atoms with van der Waals surface area (Å²) in [6, 6.07) is 14.0. The number of Topliss-reactive ketones (excluding diaryl/α,β-unsaturated/α-hetero) is 1. The van der Waals surface area contributed by atoms with Crippen molar-refractivity contribution in [1.82, 2.24) is 0 Å². The smallest absolute Gasteiger partial charge is 0.362 e. The van der Waals surface area contributed by atoms with E-state index < -0.39 is 12.0 Å². The van der Waals surface area contributed by atoms with Crippen molar-refractivity contribution < 1.29 is 30.0 Å². The van der Waals surface area contributed by atoms with Gasteiger partial charge in [0.2, 0.25) is 0 Å². The number of carboxylic acids is 1. The van der Waals surface area contributed by atoms with Crippen LogP contribution in [-0.2, 0) is 27.2 Å². The molecule has 1 aliphatic rings. The molecule has 1 unspecified atom stereocenters. The van der Waals surface area contributed by atoms with Gasteiger partial charge in [0, 0.05) is 19.3 Å². The van der Waals surface area contributed by atoms with Crippen molar-refractivity contribution in [3.8, 4) is 11.5 Å². The molecule has 0 aliphatic carbocycles. The quantitative estimate of drug-likeness (QED) is 0.738. The van der Waals surface area contributed by atoms with Crippen LogP contribution in [0.3, 0.4) is 0 Å². The highest BCUT2D eigenvalue weighted by atomic mass is 32.2. The van der Waals surface area contributed by atoms with E-state index in [1.165, 1.54) is 0 Å². The van der Waals surface area contributed by atoms with Gasteiger partial charge in [0.05, 0.1) is 5.25 Å². The van der Waals surface area contributed by atoms with Crippen LogP contribution >= 0.6 is 11.8 Å². The van der Waals surface area contributed by atoms with Crippen molar-refractivity contribution in [2.45, 2.75) is 37.0 Å². The second-order valence-electron chi connectivity index (χ2n) is 6.78. The number of ketones is 1. The molecule has 1 fully saturated rings. The number of benzene rings is 2. The summed E-state index contributed by atoms with van der Waals surface area (Å²) < 4.78 is 5.81. The predicted molar refractivity (Wildman–Crippen MR) is 105 cm³/mol. The first-order valence-electron chi connectivity index (χ1n) is 9.04. The van der Waals surface area contributed by atoms with Crippen molar-refractivity contribution >= 4 is 28.6 Å². The average molecular weight is 400 g/mol. The highest BCUT2D eigenvalue weighted by molar-refractivity contribution is 8.14. The van der Waals surface area contributed by atoms with Gasteiger partial charge in [0.15, 0.2) is 11.2 Å². The first-order chi connectivity index (χ1) is 13.4. The fourth-order valence-electron chi connectivity index (χ4n) is 2.93. The fraction of sp³-hybridized carbons (Fsp3) is 0.286. The van der Waals surface area contributed by atoms with E-state index in [9.17, 15) is 14.4 Å². The number of carboxylic acid groups (broad SMARTS) is 1. The minimum atomic E-state index is -0.918. The summed E-state index contributed by atoms with van der Waals surface area (Å²) in [4.78, 5) is 34.4. The number of hydrogen-bond acceptors (Lipinski definition) is 5. The topological polar surface area (TPSA) is 108 Å². The third kappa shape index (κ3) is 5.43. The highest BCUT2D eigenvalue weighted by Crippen LogP contribution is 2.28. The molecule has 0 amide bonds. The number of hydrogen-bond donors (Lipinski definition) is 2. The molecule has 0 saturated carbocycles. The zero-order chi connectivity index (χ0) is 20.1. The van der Waals surface area contributed by atoms with Gasteiger partial charge < -0.3 is 15.6 Å². The van der Waals surface area contributed by atoms with Gasteiger partial charge in [0.1, 0.15) is 17.3 Å². The Bertz CT molecular complexity index is 863. The summed E-state index contributed by atoms with van der Waals surface area (Å²) in [5.41, 5.74) is 5.48. The second kappa shape index (κ2) is 9.03. The van der Waals surface area contributed by atoms with Crippen LogP contribution in [0, 0.1) is 0 Å². The standard InChI is InChI=1S/C21H21NO5S/c22-17(21(25)26)11-13-1-5-15(6-2-13)27-16-7-3-14(4-8-16)12-19-18(23)9-10-20(24)28-19/h1-8,17,19H,9-12,22H2,(H,25,26)/p+1/t17-,19?/m0/s1. The van der Waals surface area contributed by atoms with Crippen molar-refractivity contribution in [3.05, 3.63) is 59.7 Å². The zero-order valence-electron chi connectivity index (χ0n) is 15.3. The number of rotatable bonds is 7. The minimum Gasteiger partial charge on any atom is -0.477 e. The lowest BCUT2D eigenvalue weighted by molar-refractivity contribution is -0.407. The number of thioether (sulfide) groups is 1. The van der Waals surface area contributed by atoms with Gasteiger partial charge in [-0.1, -0.05) is 36.0 Å². The first kappa shape index (κ1) is 20.1. The molecule has 0 bridgehead atoms. The van der Waals surface area contributed by atoms with E-state index in [2.05, 4.69) is 5.73 Å². The van der Waals surface area contributed by atoms with E-state index in [0.29, 0.717) is 37.2 Å². The number of aliphatic carboxylic acids is 1. The second-order valence-corrected chi connectivity index (χ2v) is 8.04. The molecule has 0 aromatic heterocycles. The summed E-state index contributed by atoms with van der Waals surface area (Å²) in [5, 5.41) is 8.72. The van der Waals surface area contributed by atoms with Crippen molar-refractivity contribution in [2.75, 3.05) is 0 Å². The van der Waals surface area contributed by atoms with Gasteiger partial charge >= 0.3 is 5.97 Å². The van der Waals surface area contributed by atoms with Crippen LogP contribution in [-0.4, -0.2) is 33.3 Å². The summed E-state index contributed by atoms with van der Waals surface area (Å²) >= 11 is 1.14. The lowest BCUT2D eigenvalue weighted by Gasteiger charge is -2.19. The van der Waals surface area contributed by atoms with Crippen molar-refractivity contribution in [2.24, 2.45) is 0 Å². The van der Waals surface area contributed by atoms with E-state index >= 15 is 0 Å². The van der Waals surface area contributed by atoms with Gasteiger partial charge in [-0.05, 0) is 41.8 Å². The van der Waals surface area contributed by atoms with Gasteiger partial charge in [0.25, 0.3) is 0 Å². The van der Waals surface area contributed by atoms with Gasteiger partial charge in [-0.3, -0.25) is 9.59 Å². The molecule has 3 rings (SSSR count). The first-order valence-corrected chi connectivity index (χ1v) is 9.92. The van der Waals surface area contributed by atoms with E-state index in [0.717, 1.165) is 22.9 Å². The minimum absolute atomic E-state index is 0.0848. The Morgan fingerprint density at radius 3 is 2.18 bits per heavy atom. The molecule has 0 spiro atoms. The zero-order valence-corrected chi connectivity index (χ0v) is 16.1. The largest absolute Gasteiger partial charge is 0.477 e. The molecular formula is C21H22NO5S+. The molecule has 1 heterocycles. The number of quaternary nitrogens is 1. The molecule has 28 heavy (non-hydrogen) atoms. The van der Waals surface area contributed by atoms with Gasteiger partial charge in [-0.15, -0.1) is 0 Å². The van der Waals surface area contributed by atoms with Crippen LogP contribution in [0.4, 0.5) is 0 Å². The number of carbonyl (C=O) groups excluding carboxylic acids is 2. The third-order valence-electron chi connectivity index (χ3n) is 4.54. The Balaban J connectivity index is 1.57. The van der Waals surface area contributed by atoms with Gasteiger partial charge in [-0.2, -0.15) is 0 Å². The van der Waals surface area contributed by atoms with Crippen LogP contribution in [0.1, 0.15) is 24.0 Å². The lowest BCUT2D eigenvalue weighted by atomic mass is 10.0. The van der Waals surface area contributed by atoms with Gasteiger partial charge in [-0.25, -0.2) is 4.79 Å². The van der Waals surface area contributed by atoms with E-state index in [1.807, 2.05) is 36.4 Å². The molecule has 2 atom stereocenters. The van der Waals surface area contributed by atoms with Crippen molar-refractivity contribution in [3.63, 3.8) is 0 Å². The molecule has 1 saturated heterocycles. The molecule has 0 radical (unpaired) electrons. The maximum absolute atomic E-state index is 11.9. The Morgan fingerprint density at radius 1 is 1.04 bits per heavy atom. The van der Waals surface area contributed by atoms with E-state index in [-0.39, 0.29) is 16.1 Å². The molecule has 1 aliphatic heterocycles. The molecule has 2 aromatic rings. The Hall–Kier alpha value is -2.64. The van der Waals surface area contributed by atoms with Crippen LogP contribution in [0.5, 0.6) is 11.5 Å². The third-order valence-corrected chi connectivity index (χ3v) is 5.72. The molecular weight excluding hydrogens is 378 g/mol. The van der Waals surface area contributed by atoms with Crippen LogP contribution in [0.2, 0.25) is 0 Å². The van der Waals surface area contributed by atoms with Crippen molar-refractivity contribution in [1.29, 1.82) is 0 Å². The normalized spacial score (nSPS) is 18.0. The van der Waals surface area contributed by atoms with Crippen LogP contribution in [0.15, 0.2) is 48.5 Å². The summed E-state index contributed by atoms with van der Waals surface area (Å²) in [7, 11) is 0. The van der Waals surface area contributed by atoms with E-state index in [1.54, 1.807) is 12.1 Å². The monoisotopic (exact) mass is 400 g/mol. The molecule has 7 heteroatoms. The summed E-state index contributed by atoms with van der Waals surface area (Å²) in [5.74, 6) is 0.530. The molecule has 2 aromatic carbocycles. The van der Waals surface area contributed by atoms with E-state index in [4.69, 9.17) is 9.84 Å². The Morgan fingerprint density at radius 2 is 1.61 bits per heavy atom. The maximum atomic E-state index is 11.9. The number of carbonyl (C=O) groups is 3. The average Bonchev–Trinajstić information content (AvgIpc) is 2.67. The number of ether oxygens (including phenoxy) is 1. The predicted octanol–water partition coefficient (Wildman–Crippen LogP) is 2.25. The van der Waals surface area contributed by atoms with Crippen LogP contribution in [0.25, 0.3) is 0 Å². The summed E-state index contributed by atoms with van der Waals surface area (Å²) in [6.45, 7) is 0. The Labute approximate surface area is 167 Å². The molecule has 146 valence electrons. The van der Waals surface area contributed by atoms with Crippen LogP contribution < -0.4 is 10.5 Å². The molecule has 6 nitrogen and oxygen atoms in total. The Kier molecular flexibility index (Phi) is 6.49.